The summed E-state index contributed by atoms with van der Waals surface area (Å²) >= 11 is 0. The third-order valence-electron chi connectivity index (χ3n) is 3.61. The van der Waals surface area contributed by atoms with Crippen molar-refractivity contribution < 1.29 is 0 Å². The Bertz CT molecular complexity index is 245. The summed E-state index contributed by atoms with van der Waals surface area (Å²) in [5, 5.41) is 0. The van der Waals surface area contributed by atoms with Crippen molar-refractivity contribution in [2.24, 2.45) is 11.8 Å². The Morgan fingerprint density at radius 2 is 2.09 bits per heavy atom. The zero-order chi connectivity index (χ0) is 7.26. The summed E-state index contributed by atoms with van der Waals surface area (Å²) in [5.41, 5.74) is 3.58. The molecule has 0 nitrogen and oxygen atoms in total. The van der Waals surface area contributed by atoms with E-state index in [1.54, 1.807) is 5.57 Å². The molecule has 0 amide bonds. The van der Waals surface area contributed by atoms with E-state index >= 15 is 0 Å². The smallest absolute Gasteiger partial charge is 0.0156 e. The maximum atomic E-state index is 2.41. The first kappa shape index (κ1) is 6.05. The Morgan fingerprint density at radius 1 is 1.18 bits per heavy atom. The Kier molecular flexibility index (Phi) is 1.10. The fourth-order valence-corrected chi connectivity index (χ4v) is 3.12. The van der Waals surface area contributed by atoms with Gasteiger partial charge in [-0.1, -0.05) is 17.7 Å². The van der Waals surface area contributed by atoms with E-state index < -0.39 is 0 Å². The Hall–Kier alpha value is -0.520. The standard InChI is InChI=1S/C11H14/c1-2-4-11-9-6-5-8(7-9)10(11)3-1/h1,3,8-9H,2,4-7H2. The SMILES string of the molecule is C1=CC2=C(CC1)C1CCC2C1. The molecule has 58 valence electrons. The molecule has 0 aromatic heterocycles. The molecule has 3 aliphatic carbocycles. The molecule has 3 aliphatic rings. The van der Waals surface area contributed by atoms with Crippen molar-refractivity contribution in [2.45, 2.75) is 32.1 Å². The Balaban J connectivity index is 2.07. The molecule has 1 saturated carbocycles. The van der Waals surface area contributed by atoms with E-state index in [1.165, 1.54) is 32.1 Å². The second-order valence-electron chi connectivity index (χ2n) is 4.13. The van der Waals surface area contributed by atoms with Crippen LogP contribution in [0, 0.1) is 11.8 Å². The molecule has 0 heterocycles. The molecule has 0 N–H and O–H groups in total. The molecular weight excluding hydrogens is 132 g/mol. The van der Waals surface area contributed by atoms with Gasteiger partial charge in [-0.3, -0.25) is 0 Å². The van der Waals surface area contributed by atoms with Gasteiger partial charge in [0, 0.05) is 0 Å². The first-order chi connectivity index (χ1) is 5.45. The first-order valence-electron chi connectivity index (χ1n) is 4.84. The predicted octanol–water partition coefficient (Wildman–Crippen LogP) is 3.06. The van der Waals surface area contributed by atoms with Gasteiger partial charge in [-0.2, -0.15) is 0 Å². The van der Waals surface area contributed by atoms with Gasteiger partial charge in [-0.25, -0.2) is 0 Å². The van der Waals surface area contributed by atoms with Crippen LogP contribution in [0.5, 0.6) is 0 Å². The molecule has 3 rings (SSSR count). The molecule has 0 aromatic carbocycles. The van der Waals surface area contributed by atoms with E-state index in [0.717, 1.165) is 11.8 Å². The van der Waals surface area contributed by atoms with Crippen LogP contribution < -0.4 is 0 Å². The molecule has 0 aliphatic heterocycles. The summed E-state index contributed by atoms with van der Waals surface area (Å²) in [7, 11) is 0. The van der Waals surface area contributed by atoms with Crippen molar-refractivity contribution in [1.82, 2.24) is 0 Å². The largest absolute Gasteiger partial charge is 0.0839 e. The van der Waals surface area contributed by atoms with Crippen LogP contribution in [0.1, 0.15) is 32.1 Å². The van der Waals surface area contributed by atoms with Crippen molar-refractivity contribution in [3.8, 4) is 0 Å². The first-order valence-corrected chi connectivity index (χ1v) is 4.84. The maximum Gasteiger partial charge on any atom is -0.0156 e. The van der Waals surface area contributed by atoms with Gasteiger partial charge < -0.3 is 0 Å². The minimum Gasteiger partial charge on any atom is -0.0839 e. The van der Waals surface area contributed by atoms with Crippen molar-refractivity contribution >= 4 is 0 Å². The lowest BCUT2D eigenvalue weighted by molar-refractivity contribution is 0.619. The highest BCUT2D eigenvalue weighted by molar-refractivity contribution is 5.39. The fourth-order valence-electron chi connectivity index (χ4n) is 3.12. The number of allylic oxidation sites excluding steroid dienone is 4. The monoisotopic (exact) mass is 146 g/mol. The minimum atomic E-state index is 0.978. The predicted molar refractivity (Wildman–Crippen MR) is 46.2 cm³/mol. The van der Waals surface area contributed by atoms with Crippen molar-refractivity contribution in [3.63, 3.8) is 0 Å². The van der Waals surface area contributed by atoms with Crippen LogP contribution in [0.25, 0.3) is 0 Å². The van der Waals surface area contributed by atoms with E-state index in [4.69, 9.17) is 0 Å². The molecule has 11 heavy (non-hydrogen) atoms. The highest BCUT2D eigenvalue weighted by Gasteiger charge is 2.37. The quantitative estimate of drug-likeness (QED) is 0.492. The minimum absolute atomic E-state index is 0.978. The Morgan fingerprint density at radius 3 is 3.00 bits per heavy atom. The van der Waals surface area contributed by atoms with Crippen LogP contribution in [0.15, 0.2) is 23.3 Å². The van der Waals surface area contributed by atoms with Crippen molar-refractivity contribution in [2.75, 3.05) is 0 Å². The van der Waals surface area contributed by atoms with Crippen LogP contribution in [0.2, 0.25) is 0 Å². The average molecular weight is 146 g/mol. The third-order valence-corrected chi connectivity index (χ3v) is 3.61. The molecule has 0 saturated heterocycles. The van der Waals surface area contributed by atoms with Gasteiger partial charge in [0.15, 0.2) is 0 Å². The van der Waals surface area contributed by atoms with E-state index in [2.05, 4.69) is 12.2 Å². The summed E-state index contributed by atoms with van der Waals surface area (Å²) in [5.74, 6) is 1.99. The fraction of sp³-hybridized carbons (Fsp3) is 0.636. The normalized spacial score (nSPS) is 40.0. The topological polar surface area (TPSA) is 0 Å². The number of hydrogen-bond acceptors (Lipinski definition) is 0. The molecule has 0 heteroatoms. The number of rotatable bonds is 0. The van der Waals surface area contributed by atoms with Crippen LogP contribution in [0.3, 0.4) is 0 Å². The summed E-state index contributed by atoms with van der Waals surface area (Å²) < 4.78 is 0. The summed E-state index contributed by atoms with van der Waals surface area (Å²) in [6.07, 6.45) is 11.9. The lowest BCUT2D eigenvalue weighted by atomic mass is 9.86. The molecule has 2 atom stereocenters. The van der Waals surface area contributed by atoms with Gasteiger partial charge in [0.1, 0.15) is 0 Å². The van der Waals surface area contributed by atoms with Gasteiger partial charge in [-0.05, 0) is 49.5 Å². The van der Waals surface area contributed by atoms with Gasteiger partial charge in [-0.15, -0.1) is 0 Å². The molecule has 0 spiro atoms. The molecule has 2 bridgehead atoms. The third kappa shape index (κ3) is 0.702. The molecule has 0 aromatic rings. The van der Waals surface area contributed by atoms with Crippen molar-refractivity contribution in [3.05, 3.63) is 23.3 Å². The van der Waals surface area contributed by atoms with Crippen molar-refractivity contribution in [1.29, 1.82) is 0 Å². The van der Waals surface area contributed by atoms with Crippen LogP contribution in [-0.2, 0) is 0 Å². The van der Waals surface area contributed by atoms with Crippen LogP contribution in [-0.4, -0.2) is 0 Å². The van der Waals surface area contributed by atoms with E-state index in [9.17, 15) is 0 Å². The van der Waals surface area contributed by atoms with Crippen LogP contribution in [0.4, 0.5) is 0 Å². The van der Waals surface area contributed by atoms with Crippen LogP contribution >= 0.6 is 0 Å². The molecular formula is C11H14. The summed E-state index contributed by atoms with van der Waals surface area (Å²) in [6, 6.07) is 0. The highest BCUT2D eigenvalue weighted by Crippen LogP contribution is 2.51. The van der Waals surface area contributed by atoms with E-state index in [-0.39, 0.29) is 0 Å². The lowest BCUT2D eigenvalue weighted by Crippen LogP contribution is -2.04. The Labute approximate surface area is 68.0 Å². The zero-order valence-electron chi connectivity index (χ0n) is 6.84. The van der Waals surface area contributed by atoms with Gasteiger partial charge >= 0.3 is 0 Å². The second kappa shape index (κ2) is 2.00. The molecule has 0 radical (unpaired) electrons. The van der Waals surface area contributed by atoms with E-state index in [0.29, 0.717) is 0 Å². The average Bonchev–Trinajstić information content (AvgIpc) is 2.64. The lowest BCUT2D eigenvalue weighted by Gasteiger charge is -2.19. The van der Waals surface area contributed by atoms with Gasteiger partial charge in [0.2, 0.25) is 0 Å². The number of hydrogen-bond donors (Lipinski definition) is 0. The zero-order valence-corrected chi connectivity index (χ0v) is 6.84. The maximum absolute atomic E-state index is 2.41. The number of fused-ring (bicyclic) bond motifs is 4. The molecule has 2 unspecified atom stereocenters. The molecule has 1 fully saturated rings. The second-order valence-corrected chi connectivity index (χ2v) is 4.13. The van der Waals surface area contributed by atoms with Gasteiger partial charge in [0.05, 0.1) is 0 Å². The highest BCUT2D eigenvalue weighted by atomic mass is 14.4. The summed E-state index contributed by atoms with van der Waals surface area (Å²) in [4.78, 5) is 0. The van der Waals surface area contributed by atoms with E-state index in [1.807, 2.05) is 5.57 Å². The van der Waals surface area contributed by atoms with Gasteiger partial charge in [0.25, 0.3) is 0 Å². The summed E-state index contributed by atoms with van der Waals surface area (Å²) in [6.45, 7) is 0.